The van der Waals surface area contributed by atoms with Crippen LogP contribution >= 0.6 is 34.7 Å². The molecule has 0 radical (unpaired) electrons. The third-order valence-electron chi connectivity index (χ3n) is 4.50. The molecule has 0 aliphatic carbocycles. The lowest BCUT2D eigenvalue weighted by atomic mass is 10.1. The third-order valence-corrected chi connectivity index (χ3v) is 6.90. The number of benzene rings is 2. The van der Waals surface area contributed by atoms with E-state index in [2.05, 4.69) is 10.2 Å². The number of carbonyl (C=O) groups is 1. The van der Waals surface area contributed by atoms with Gasteiger partial charge in [0.2, 0.25) is 0 Å². The molecular weight excluding hydrogens is 450 g/mol. The molecule has 0 spiro atoms. The number of rotatable bonds is 7. The summed E-state index contributed by atoms with van der Waals surface area (Å²) in [6.07, 6.45) is 0. The molecule has 0 bridgehead atoms. The van der Waals surface area contributed by atoms with E-state index in [0.717, 1.165) is 32.6 Å². The molecule has 2 aromatic carbocycles. The van der Waals surface area contributed by atoms with Gasteiger partial charge in [-0.1, -0.05) is 35.5 Å². The number of Topliss-reactive ketones (excluding diaryl/α,β-unsaturated/α-hetero) is 1. The van der Waals surface area contributed by atoms with Crippen LogP contribution in [0.2, 0.25) is 5.02 Å². The van der Waals surface area contributed by atoms with Crippen LogP contribution in [-0.2, 0) is 0 Å². The zero-order valence-corrected chi connectivity index (χ0v) is 19.2. The highest BCUT2D eigenvalue weighted by Crippen LogP contribution is 2.35. The van der Waals surface area contributed by atoms with Crippen molar-refractivity contribution in [2.24, 2.45) is 0 Å². The number of aromatic nitrogens is 3. The lowest BCUT2D eigenvalue weighted by Gasteiger charge is -2.02. The number of thioether (sulfide) groups is 1. The van der Waals surface area contributed by atoms with E-state index in [1.165, 1.54) is 11.8 Å². The molecule has 2 heterocycles. The first-order valence-electron chi connectivity index (χ1n) is 9.41. The zero-order chi connectivity index (χ0) is 21.8. The second-order valence-electron chi connectivity index (χ2n) is 6.64. The number of nitrogens with zero attached hydrogens (tertiary/aromatic N) is 3. The highest BCUT2D eigenvalue weighted by Gasteiger charge is 2.14. The predicted molar refractivity (Wildman–Crippen MR) is 126 cm³/mol. The molecule has 0 amide bonds. The minimum absolute atomic E-state index is 0.0220. The Kier molecular flexibility index (Phi) is 6.65. The van der Waals surface area contributed by atoms with Crippen LogP contribution in [0.4, 0.5) is 0 Å². The minimum atomic E-state index is 0.0220. The fourth-order valence-corrected chi connectivity index (χ4v) is 4.75. The van der Waals surface area contributed by atoms with E-state index in [4.69, 9.17) is 21.3 Å². The molecule has 2 aromatic heterocycles. The van der Waals surface area contributed by atoms with Crippen molar-refractivity contribution in [3.63, 3.8) is 0 Å². The molecule has 0 atom stereocenters. The van der Waals surface area contributed by atoms with Gasteiger partial charge in [-0.2, -0.15) is 0 Å². The number of methoxy groups -OCH3 is 1. The number of carbonyl (C=O) groups excluding carboxylic acids is 1. The van der Waals surface area contributed by atoms with E-state index < -0.39 is 0 Å². The largest absolute Gasteiger partial charge is 0.497 e. The maximum absolute atomic E-state index is 12.3. The van der Waals surface area contributed by atoms with Crippen LogP contribution < -0.4 is 4.74 Å². The molecule has 0 saturated carbocycles. The highest BCUT2D eigenvalue weighted by atomic mass is 35.5. The summed E-state index contributed by atoms with van der Waals surface area (Å²) in [6, 6.07) is 18.5. The summed E-state index contributed by atoms with van der Waals surface area (Å²) < 4.78 is 5.31. The maximum Gasteiger partial charge on any atom is 0.173 e. The number of thiazole rings is 1. The van der Waals surface area contributed by atoms with E-state index in [1.54, 1.807) is 42.7 Å². The summed E-state index contributed by atoms with van der Waals surface area (Å²) in [7, 11) is 1.65. The van der Waals surface area contributed by atoms with E-state index >= 15 is 0 Å². The number of ether oxygens (including phenoxy) is 1. The van der Waals surface area contributed by atoms with Crippen LogP contribution in [0.1, 0.15) is 16.1 Å². The fourth-order valence-electron chi connectivity index (χ4n) is 2.89. The lowest BCUT2D eigenvalue weighted by Crippen LogP contribution is -2.02. The molecule has 31 heavy (non-hydrogen) atoms. The van der Waals surface area contributed by atoms with Gasteiger partial charge in [0.15, 0.2) is 5.78 Å². The van der Waals surface area contributed by atoms with E-state index in [-0.39, 0.29) is 11.5 Å². The fraction of sp³-hybridized carbons (Fsp3) is 0.130. The topological polar surface area (TPSA) is 65.0 Å². The number of hydrogen-bond donors (Lipinski definition) is 0. The normalized spacial score (nSPS) is 10.8. The Morgan fingerprint density at radius 3 is 2.61 bits per heavy atom. The summed E-state index contributed by atoms with van der Waals surface area (Å²) in [6.45, 7) is 1.96. The zero-order valence-electron chi connectivity index (χ0n) is 16.8. The van der Waals surface area contributed by atoms with Gasteiger partial charge < -0.3 is 4.74 Å². The van der Waals surface area contributed by atoms with Gasteiger partial charge in [0.25, 0.3) is 0 Å². The summed E-state index contributed by atoms with van der Waals surface area (Å²) in [5, 5.41) is 10.9. The van der Waals surface area contributed by atoms with Crippen LogP contribution in [0.3, 0.4) is 0 Å². The summed E-state index contributed by atoms with van der Waals surface area (Å²) in [5.74, 6) is 1.10. The SMILES string of the molecule is COc1cccc(-c2nc(C)c(-c3ccc(SCC(=O)c4ccc(Cl)cc4)nn3)s2)c1. The Labute approximate surface area is 193 Å². The molecule has 0 unspecified atom stereocenters. The van der Waals surface area contributed by atoms with Crippen LogP contribution in [0.15, 0.2) is 65.7 Å². The third kappa shape index (κ3) is 5.12. The average Bonchev–Trinajstić information content (AvgIpc) is 3.20. The van der Waals surface area contributed by atoms with Crippen molar-refractivity contribution in [3.8, 4) is 26.9 Å². The van der Waals surface area contributed by atoms with Crippen LogP contribution in [0, 0.1) is 6.92 Å². The molecule has 0 fully saturated rings. The van der Waals surface area contributed by atoms with Gasteiger partial charge in [-0.25, -0.2) is 4.98 Å². The van der Waals surface area contributed by atoms with Gasteiger partial charge in [0.1, 0.15) is 21.5 Å². The molecular formula is C23H18ClN3O2S2. The molecule has 4 rings (SSSR count). The Bertz CT molecular complexity index is 1210. The highest BCUT2D eigenvalue weighted by molar-refractivity contribution is 7.99. The number of aryl methyl sites for hydroxylation is 1. The second kappa shape index (κ2) is 9.60. The monoisotopic (exact) mass is 467 g/mol. The molecule has 0 saturated heterocycles. The van der Waals surface area contributed by atoms with Gasteiger partial charge in [0.05, 0.1) is 23.4 Å². The van der Waals surface area contributed by atoms with Gasteiger partial charge >= 0.3 is 0 Å². The van der Waals surface area contributed by atoms with Gasteiger partial charge in [0, 0.05) is 16.1 Å². The van der Waals surface area contributed by atoms with Crippen molar-refractivity contribution in [2.45, 2.75) is 11.9 Å². The summed E-state index contributed by atoms with van der Waals surface area (Å²) in [4.78, 5) is 18.0. The van der Waals surface area contributed by atoms with Crippen LogP contribution in [0.5, 0.6) is 5.75 Å². The quantitative estimate of drug-likeness (QED) is 0.238. The minimum Gasteiger partial charge on any atom is -0.497 e. The first-order valence-corrected chi connectivity index (χ1v) is 11.6. The Hall–Kier alpha value is -2.74. The molecule has 0 aliphatic heterocycles. The molecule has 156 valence electrons. The van der Waals surface area contributed by atoms with Crippen LogP contribution in [0.25, 0.3) is 21.1 Å². The first kappa shape index (κ1) is 21.5. The van der Waals surface area contributed by atoms with Gasteiger partial charge in [-0.15, -0.1) is 21.5 Å². The standard InChI is InChI=1S/C23H18ClN3O2S2/c1-14-22(31-23(25-14)16-4-3-5-18(12-16)29-2)19-10-11-21(27-26-19)30-13-20(28)15-6-8-17(24)9-7-15/h3-12H,13H2,1-2H3. The van der Waals surface area contributed by atoms with Crippen molar-refractivity contribution in [2.75, 3.05) is 12.9 Å². The second-order valence-corrected chi connectivity index (χ2v) is 9.07. The summed E-state index contributed by atoms with van der Waals surface area (Å²) >= 11 is 8.80. The van der Waals surface area contributed by atoms with Crippen molar-refractivity contribution in [1.82, 2.24) is 15.2 Å². The smallest absolute Gasteiger partial charge is 0.173 e. The maximum atomic E-state index is 12.3. The summed E-state index contributed by atoms with van der Waals surface area (Å²) in [5.41, 5.74) is 3.29. The first-order chi connectivity index (χ1) is 15.0. The van der Waals surface area contributed by atoms with Crippen molar-refractivity contribution >= 4 is 40.5 Å². The Morgan fingerprint density at radius 1 is 1.10 bits per heavy atom. The van der Waals surface area contributed by atoms with E-state index in [0.29, 0.717) is 15.6 Å². The van der Waals surface area contributed by atoms with Crippen molar-refractivity contribution in [1.29, 1.82) is 0 Å². The lowest BCUT2D eigenvalue weighted by molar-refractivity contribution is 0.102. The van der Waals surface area contributed by atoms with E-state index in [9.17, 15) is 4.79 Å². The van der Waals surface area contributed by atoms with Crippen LogP contribution in [-0.4, -0.2) is 33.8 Å². The average molecular weight is 468 g/mol. The molecule has 5 nitrogen and oxygen atoms in total. The molecule has 0 aliphatic rings. The Morgan fingerprint density at radius 2 is 1.90 bits per heavy atom. The van der Waals surface area contributed by atoms with Gasteiger partial charge in [-0.3, -0.25) is 4.79 Å². The molecule has 8 heteroatoms. The number of halogens is 1. The Balaban J connectivity index is 1.46. The predicted octanol–water partition coefficient (Wildman–Crippen LogP) is 6.21. The molecule has 4 aromatic rings. The number of ketones is 1. The van der Waals surface area contributed by atoms with Crippen molar-refractivity contribution in [3.05, 3.63) is 76.9 Å². The van der Waals surface area contributed by atoms with Gasteiger partial charge in [-0.05, 0) is 55.5 Å². The van der Waals surface area contributed by atoms with Crippen molar-refractivity contribution < 1.29 is 9.53 Å². The van der Waals surface area contributed by atoms with E-state index in [1.807, 2.05) is 43.3 Å². The number of hydrogen-bond acceptors (Lipinski definition) is 7. The molecule has 0 N–H and O–H groups in total.